The molecule has 5 heteroatoms. The maximum atomic E-state index is 13.6. The van der Waals surface area contributed by atoms with Gasteiger partial charge in [0.25, 0.3) is 0 Å². The molecule has 0 aliphatic rings. The second-order valence-electron chi connectivity index (χ2n) is 4.42. The van der Waals surface area contributed by atoms with Gasteiger partial charge in [0.15, 0.2) is 0 Å². The van der Waals surface area contributed by atoms with Crippen LogP contribution in [0, 0.1) is 11.6 Å². The van der Waals surface area contributed by atoms with E-state index in [1.54, 1.807) is 7.11 Å². The summed E-state index contributed by atoms with van der Waals surface area (Å²) in [7, 11) is 1.59. The van der Waals surface area contributed by atoms with Crippen molar-refractivity contribution in [3.63, 3.8) is 0 Å². The summed E-state index contributed by atoms with van der Waals surface area (Å²) in [4.78, 5) is 0. The highest BCUT2D eigenvalue weighted by Crippen LogP contribution is 2.29. The third-order valence-electron chi connectivity index (χ3n) is 2.94. The second kappa shape index (κ2) is 5.31. The van der Waals surface area contributed by atoms with E-state index in [4.69, 9.17) is 4.74 Å². The van der Waals surface area contributed by atoms with Crippen LogP contribution in [0.4, 0.5) is 14.5 Å². The van der Waals surface area contributed by atoms with Crippen LogP contribution in [0.15, 0.2) is 16.6 Å². The third kappa shape index (κ3) is 3.39. The highest BCUT2D eigenvalue weighted by Gasteiger charge is 2.26. The van der Waals surface area contributed by atoms with Crippen molar-refractivity contribution >= 4 is 21.6 Å². The van der Waals surface area contributed by atoms with Crippen molar-refractivity contribution in [1.29, 1.82) is 0 Å². The molecular formula is C12H16BrF2NO. The molecule has 1 N–H and O–H groups in total. The summed E-state index contributed by atoms with van der Waals surface area (Å²) in [5.74, 6) is -1.24. The largest absolute Gasteiger partial charge is 0.377 e. The number of ether oxygens (including phenoxy) is 1. The first kappa shape index (κ1) is 14.4. The molecule has 0 saturated carbocycles. The van der Waals surface area contributed by atoms with Crippen LogP contribution in [-0.4, -0.2) is 18.8 Å². The van der Waals surface area contributed by atoms with Crippen LogP contribution in [0.5, 0.6) is 0 Å². The van der Waals surface area contributed by atoms with Crippen molar-refractivity contribution in [3.8, 4) is 0 Å². The number of anilines is 1. The standard InChI is InChI=1S/C12H16BrF2NO/c1-7(12(2,3)17-4)16-11-9(13)5-8(14)6-10(11)15/h5-7,16H,1-4H3. The monoisotopic (exact) mass is 307 g/mol. The van der Waals surface area contributed by atoms with Crippen molar-refractivity contribution in [3.05, 3.63) is 28.2 Å². The zero-order valence-electron chi connectivity index (χ0n) is 10.3. The Labute approximate surface area is 108 Å². The number of nitrogens with one attached hydrogen (secondary N) is 1. The Morgan fingerprint density at radius 3 is 2.41 bits per heavy atom. The van der Waals surface area contributed by atoms with Gasteiger partial charge in [-0.15, -0.1) is 0 Å². The lowest BCUT2D eigenvalue weighted by atomic mass is 10.00. The van der Waals surface area contributed by atoms with Gasteiger partial charge in [-0.05, 0) is 42.8 Å². The summed E-state index contributed by atoms with van der Waals surface area (Å²) in [6.45, 7) is 5.65. The molecule has 17 heavy (non-hydrogen) atoms. The minimum Gasteiger partial charge on any atom is -0.377 e. The van der Waals surface area contributed by atoms with Gasteiger partial charge >= 0.3 is 0 Å². The number of hydrogen-bond donors (Lipinski definition) is 1. The van der Waals surface area contributed by atoms with Gasteiger partial charge in [0.1, 0.15) is 11.6 Å². The Morgan fingerprint density at radius 2 is 1.94 bits per heavy atom. The molecule has 2 nitrogen and oxygen atoms in total. The smallest absolute Gasteiger partial charge is 0.150 e. The number of rotatable bonds is 4. The van der Waals surface area contributed by atoms with Gasteiger partial charge in [-0.1, -0.05) is 0 Å². The van der Waals surface area contributed by atoms with Crippen molar-refractivity contribution < 1.29 is 13.5 Å². The van der Waals surface area contributed by atoms with Crippen LogP contribution in [0.2, 0.25) is 0 Å². The van der Waals surface area contributed by atoms with Gasteiger partial charge in [0, 0.05) is 17.6 Å². The van der Waals surface area contributed by atoms with E-state index in [9.17, 15) is 8.78 Å². The van der Waals surface area contributed by atoms with Gasteiger partial charge in [0.2, 0.25) is 0 Å². The zero-order valence-corrected chi connectivity index (χ0v) is 11.9. The summed E-state index contributed by atoms with van der Waals surface area (Å²) in [6, 6.07) is 1.93. The molecule has 0 saturated heterocycles. The fourth-order valence-corrected chi connectivity index (χ4v) is 1.77. The molecule has 1 rings (SSSR count). The minimum atomic E-state index is -0.629. The average molecular weight is 308 g/mol. The van der Waals surface area contributed by atoms with Crippen molar-refractivity contribution in [2.45, 2.75) is 32.4 Å². The van der Waals surface area contributed by atoms with E-state index < -0.39 is 17.2 Å². The normalized spacial score (nSPS) is 13.6. The minimum absolute atomic E-state index is 0.135. The highest BCUT2D eigenvalue weighted by molar-refractivity contribution is 9.10. The molecule has 1 aromatic rings. The van der Waals surface area contributed by atoms with Crippen LogP contribution >= 0.6 is 15.9 Å². The molecule has 0 radical (unpaired) electrons. The van der Waals surface area contributed by atoms with E-state index in [1.165, 1.54) is 6.07 Å². The highest BCUT2D eigenvalue weighted by atomic mass is 79.9. The molecule has 0 amide bonds. The Balaban J connectivity index is 2.96. The van der Waals surface area contributed by atoms with Gasteiger partial charge in [0.05, 0.1) is 17.3 Å². The fourth-order valence-electron chi connectivity index (χ4n) is 1.25. The number of benzene rings is 1. The molecule has 96 valence electrons. The van der Waals surface area contributed by atoms with E-state index in [1.807, 2.05) is 20.8 Å². The van der Waals surface area contributed by atoms with E-state index in [-0.39, 0.29) is 11.7 Å². The van der Waals surface area contributed by atoms with E-state index >= 15 is 0 Å². The van der Waals surface area contributed by atoms with E-state index in [0.717, 1.165) is 6.07 Å². The number of methoxy groups -OCH3 is 1. The number of halogens is 3. The lowest BCUT2D eigenvalue weighted by molar-refractivity contribution is 0.0106. The van der Waals surface area contributed by atoms with Gasteiger partial charge in [-0.3, -0.25) is 0 Å². The third-order valence-corrected chi connectivity index (χ3v) is 3.56. The molecular weight excluding hydrogens is 292 g/mol. The second-order valence-corrected chi connectivity index (χ2v) is 5.27. The molecule has 1 aromatic carbocycles. The molecule has 0 aliphatic heterocycles. The molecule has 1 atom stereocenters. The summed E-state index contributed by atoms with van der Waals surface area (Å²) in [5, 5.41) is 2.98. The van der Waals surface area contributed by atoms with Gasteiger partial charge < -0.3 is 10.1 Å². The average Bonchev–Trinajstić information content (AvgIpc) is 2.22. The predicted octanol–water partition coefficient (Wildman–Crippen LogP) is 3.95. The van der Waals surface area contributed by atoms with Crippen molar-refractivity contribution in [1.82, 2.24) is 0 Å². The molecule has 0 aliphatic carbocycles. The molecule has 0 bridgehead atoms. The van der Waals surface area contributed by atoms with Gasteiger partial charge in [-0.2, -0.15) is 0 Å². The lowest BCUT2D eigenvalue weighted by Crippen LogP contribution is -2.41. The predicted molar refractivity (Wildman–Crippen MR) is 68.2 cm³/mol. The first-order chi connectivity index (χ1) is 7.77. The van der Waals surface area contributed by atoms with Crippen LogP contribution in [0.25, 0.3) is 0 Å². The van der Waals surface area contributed by atoms with Crippen LogP contribution in [-0.2, 0) is 4.74 Å². The molecule has 1 unspecified atom stereocenters. The Morgan fingerprint density at radius 1 is 1.35 bits per heavy atom. The first-order valence-corrected chi connectivity index (χ1v) is 6.03. The van der Waals surface area contributed by atoms with E-state index in [0.29, 0.717) is 4.47 Å². The van der Waals surface area contributed by atoms with Crippen LogP contribution in [0.3, 0.4) is 0 Å². The summed E-state index contributed by atoms with van der Waals surface area (Å²) in [5.41, 5.74) is -0.218. The molecule has 0 aromatic heterocycles. The van der Waals surface area contributed by atoms with Crippen molar-refractivity contribution in [2.75, 3.05) is 12.4 Å². The van der Waals surface area contributed by atoms with Gasteiger partial charge in [-0.25, -0.2) is 8.78 Å². The SMILES string of the molecule is COC(C)(C)C(C)Nc1c(F)cc(F)cc1Br. The van der Waals surface area contributed by atoms with E-state index in [2.05, 4.69) is 21.2 Å². The summed E-state index contributed by atoms with van der Waals surface area (Å²) in [6.07, 6.45) is 0. The zero-order chi connectivity index (χ0) is 13.2. The van der Waals surface area contributed by atoms with Crippen LogP contribution in [0.1, 0.15) is 20.8 Å². The summed E-state index contributed by atoms with van der Waals surface area (Å²) < 4.78 is 32.2. The number of hydrogen-bond acceptors (Lipinski definition) is 2. The Kier molecular flexibility index (Phi) is 4.49. The van der Waals surface area contributed by atoms with Crippen molar-refractivity contribution in [2.24, 2.45) is 0 Å². The lowest BCUT2D eigenvalue weighted by Gasteiger charge is -2.32. The Bertz CT molecular complexity index is 386. The maximum absolute atomic E-state index is 13.6. The topological polar surface area (TPSA) is 21.3 Å². The molecule has 0 heterocycles. The Hall–Kier alpha value is -0.680. The molecule has 0 spiro atoms. The van der Waals surface area contributed by atoms with Crippen LogP contribution < -0.4 is 5.32 Å². The first-order valence-electron chi connectivity index (χ1n) is 5.24. The quantitative estimate of drug-likeness (QED) is 0.909. The summed E-state index contributed by atoms with van der Waals surface area (Å²) >= 11 is 3.13. The molecule has 0 fully saturated rings. The fraction of sp³-hybridized carbons (Fsp3) is 0.500. The maximum Gasteiger partial charge on any atom is 0.150 e.